The van der Waals surface area contributed by atoms with Crippen molar-refractivity contribution in [2.45, 2.75) is 44.6 Å². The molecule has 2 heterocycles. The van der Waals surface area contributed by atoms with Crippen molar-refractivity contribution in [1.82, 2.24) is 4.90 Å². The number of nitrogens with zero attached hydrogens (tertiary/aromatic N) is 1. The highest BCUT2D eigenvalue weighted by Gasteiger charge is 2.19. The Morgan fingerprint density at radius 2 is 2.32 bits per heavy atom. The summed E-state index contributed by atoms with van der Waals surface area (Å²) in [6.07, 6.45) is 5.93. The van der Waals surface area contributed by atoms with Crippen LogP contribution in [0.4, 0.5) is 0 Å². The van der Waals surface area contributed by atoms with E-state index in [9.17, 15) is 4.79 Å². The molecule has 1 saturated heterocycles. The lowest BCUT2D eigenvalue weighted by Crippen LogP contribution is -2.39. The number of halogens is 1. The first-order valence-electron chi connectivity index (χ1n) is 6.81. The quantitative estimate of drug-likeness (QED) is 0.929. The molecule has 1 amide bonds. The minimum absolute atomic E-state index is 0. The summed E-state index contributed by atoms with van der Waals surface area (Å²) < 4.78 is 0. The summed E-state index contributed by atoms with van der Waals surface area (Å²) >= 11 is 1.77. The maximum absolute atomic E-state index is 12.1. The second-order valence-electron chi connectivity index (χ2n) is 5.03. The molecule has 1 fully saturated rings. The van der Waals surface area contributed by atoms with Gasteiger partial charge in [-0.15, -0.1) is 23.7 Å². The number of rotatable bonds is 4. The molecule has 0 spiro atoms. The van der Waals surface area contributed by atoms with E-state index in [0.717, 1.165) is 45.2 Å². The van der Waals surface area contributed by atoms with Crippen LogP contribution in [0.3, 0.4) is 0 Å². The molecule has 1 aromatic heterocycles. The summed E-state index contributed by atoms with van der Waals surface area (Å²) in [5.74, 6) is 0.281. The molecule has 2 rings (SSSR count). The molecule has 19 heavy (non-hydrogen) atoms. The number of carbonyl (C=O) groups is 1. The van der Waals surface area contributed by atoms with Crippen LogP contribution in [-0.4, -0.2) is 29.9 Å². The van der Waals surface area contributed by atoms with Crippen molar-refractivity contribution >= 4 is 29.7 Å². The van der Waals surface area contributed by atoms with Crippen LogP contribution in [0, 0.1) is 0 Å². The molecule has 1 aliphatic heterocycles. The molecular weight excluding hydrogens is 280 g/mol. The van der Waals surface area contributed by atoms with Crippen molar-refractivity contribution in [3.05, 3.63) is 22.4 Å². The highest BCUT2D eigenvalue weighted by Crippen LogP contribution is 2.14. The number of thiophene rings is 1. The van der Waals surface area contributed by atoms with Gasteiger partial charge in [0.15, 0.2) is 0 Å². The van der Waals surface area contributed by atoms with E-state index in [0.29, 0.717) is 6.42 Å². The van der Waals surface area contributed by atoms with Crippen molar-refractivity contribution in [3.63, 3.8) is 0 Å². The Morgan fingerprint density at radius 3 is 3.05 bits per heavy atom. The van der Waals surface area contributed by atoms with Gasteiger partial charge in [0.1, 0.15) is 0 Å². The summed E-state index contributed by atoms with van der Waals surface area (Å²) in [6.45, 7) is 1.64. The Morgan fingerprint density at radius 1 is 1.47 bits per heavy atom. The van der Waals surface area contributed by atoms with E-state index in [1.54, 1.807) is 11.3 Å². The first kappa shape index (κ1) is 16.5. The molecular formula is C14H23ClN2OS. The monoisotopic (exact) mass is 302 g/mol. The van der Waals surface area contributed by atoms with E-state index < -0.39 is 0 Å². The Hall–Kier alpha value is -0.580. The Bertz CT molecular complexity index is 370. The van der Waals surface area contributed by atoms with Gasteiger partial charge < -0.3 is 10.6 Å². The van der Waals surface area contributed by atoms with Gasteiger partial charge in [0.25, 0.3) is 0 Å². The van der Waals surface area contributed by atoms with Crippen LogP contribution >= 0.6 is 23.7 Å². The summed E-state index contributed by atoms with van der Waals surface area (Å²) in [5, 5.41) is 2.09. The molecule has 0 aliphatic carbocycles. The molecule has 3 nitrogen and oxygen atoms in total. The predicted molar refractivity (Wildman–Crippen MR) is 82.9 cm³/mol. The van der Waals surface area contributed by atoms with Crippen LogP contribution < -0.4 is 5.73 Å². The number of nitrogens with two attached hydrogens (primary N) is 1. The normalized spacial score (nSPS) is 19.6. The van der Waals surface area contributed by atoms with Gasteiger partial charge >= 0.3 is 0 Å². The van der Waals surface area contributed by atoms with Crippen LogP contribution in [0.1, 0.15) is 37.0 Å². The molecule has 5 heteroatoms. The van der Waals surface area contributed by atoms with Crippen LogP contribution in [0.5, 0.6) is 0 Å². The molecule has 0 radical (unpaired) electrons. The van der Waals surface area contributed by atoms with E-state index in [4.69, 9.17) is 5.73 Å². The van der Waals surface area contributed by atoms with Gasteiger partial charge in [0.05, 0.1) is 0 Å². The molecule has 2 N–H and O–H groups in total. The molecule has 0 bridgehead atoms. The van der Waals surface area contributed by atoms with E-state index in [1.807, 2.05) is 4.90 Å². The number of aryl methyl sites for hydroxylation is 1. The zero-order chi connectivity index (χ0) is 12.8. The topological polar surface area (TPSA) is 46.3 Å². The number of carbonyl (C=O) groups excluding carboxylic acids is 1. The van der Waals surface area contributed by atoms with Crippen molar-refractivity contribution in [1.29, 1.82) is 0 Å². The number of likely N-dealkylation sites (tertiary alicyclic amines) is 1. The highest BCUT2D eigenvalue weighted by molar-refractivity contribution is 7.09. The zero-order valence-corrected chi connectivity index (χ0v) is 12.8. The van der Waals surface area contributed by atoms with Gasteiger partial charge in [-0.05, 0) is 37.1 Å². The molecule has 108 valence electrons. The minimum Gasteiger partial charge on any atom is -0.341 e. The Kier molecular flexibility index (Phi) is 7.42. The van der Waals surface area contributed by atoms with Crippen molar-refractivity contribution < 1.29 is 4.79 Å². The second kappa shape index (κ2) is 8.56. The molecule has 1 aromatic rings. The van der Waals surface area contributed by atoms with Gasteiger partial charge in [-0.25, -0.2) is 0 Å². The lowest BCUT2D eigenvalue weighted by molar-refractivity contribution is -0.131. The lowest BCUT2D eigenvalue weighted by Gasteiger charge is -2.22. The maximum atomic E-state index is 12.1. The van der Waals surface area contributed by atoms with Crippen molar-refractivity contribution in [3.8, 4) is 0 Å². The van der Waals surface area contributed by atoms with Crippen molar-refractivity contribution in [2.24, 2.45) is 5.73 Å². The van der Waals surface area contributed by atoms with Crippen LogP contribution in [0.15, 0.2) is 17.5 Å². The summed E-state index contributed by atoms with van der Waals surface area (Å²) in [7, 11) is 0. The number of hydrogen-bond donors (Lipinski definition) is 1. The first-order valence-corrected chi connectivity index (χ1v) is 7.69. The number of amides is 1. The van der Waals surface area contributed by atoms with E-state index >= 15 is 0 Å². The Labute approximate surface area is 125 Å². The second-order valence-corrected chi connectivity index (χ2v) is 6.06. The summed E-state index contributed by atoms with van der Waals surface area (Å²) in [4.78, 5) is 15.4. The third-order valence-corrected chi connectivity index (χ3v) is 4.39. The fourth-order valence-corrected chi connectivity index (χ4v) is 3.18. The standard InChI is InChI=1S/C14H22N2OS.ClH/c15-12-5-1-2-9-16(11-12)14(17)8-3-6-13-7-4-10-18-13;/h4,7,10,12H,1-3,5-6,8-9,11,15H2;1H. The maximum Gasteiger partial charge on any atom is 0.222 e. The SMILES string of the molecule is Cl.NC1CCCCN(C(=O)CCCc2cccs2)C1. The average molecular weight is 303 g/mol. The number of hydrogen-bond acceptors (Lipinski definition) is 3. The third-order valence-electron chi connectivity index (χ3n) is 3.45. The largest absolute Gasteiger partial charge is 0.341 e. The van der Waals surface area contributed by atoms with Gasteiger partial charge in [0.2, 0.25) is 5.91 Å². The fourth-order valence-electron chi connectivity index (χ4n) is 2.43. The minimum atomic E-state index is 0. The van der Waals surface area contributed by atoms with Crippen LogP contribution in [0.25, 0.3) is 0 Å². The molecule has 1 atom stereocenters. The van der Waals surface area contributed by atoms with Gasteiger partial charge in [-0.2, -0.15) is 0 Å². The van der Waals surface area contributed by atoms with Gasteiger partial charge in [0, 0.05) is 30.4 Å². The lowest BCUT2D eigenvalue weighted by atomic mass is 10.1. The average Bonchev–Trinajstić information content (AvgIpc) is 2.77. The zero-order valence-electron chi connectivity index (χ0n) is 11.2. The summed E-state index contributed by atoms with van der Waals surface area (Å²) in [5.41, 5.74) is 5.98. The van der Waals surface area contributed by atoms with E-state index in [-0.39, 0.29) is 24.4 Å². The predicted octanol–water partition coefficient (Wildman–Crippen LogP) is 2.83. The molecule has 0 aromatic carbocycles. The summed E-state index contributed by atoms with van der Waals surface area (Å²) in [6, 6.07) is 4.38. The Balaban J connectivity index is 0.00000180. The van der Waals surface area contributed by atoms with Gasteiger partial charge in [-0.1, -0.05) is 12.5 Å². The van der Waals surface area contributed by atoms with Crippen molar-refractivity contribution in [2.75, 3.05) is 13.1 Å². The first-order chi connectivity index (χ1) is 8.75. The van der Waals surface area contributed by atoms with Crippen LogP contribution in [0.2, 0.25) is 0 Å². The smallest absolute Gasteiger partial charge is 0.222 e. The molecule has 1 unspecified atom stereocenters. The fraction of sp³-hybridized carbons (Fsp3) is 0.643. The third kappa shape index (κ3) is 5.51. The van der Waals surface area contributed by atoms with E-state index in [2.05, 4.69) is 17.5 Å². The van der Waals surface area contributed by atoms with Gasteiger partial charge in [-0.3, -0.25) is 4.79 Å². The molecule has 0 saturated carbocycles. The van der Waals surface area contributed by atoms with Crippen LogP contribution in [-0.2, 0) is 11.2 Å². The van der Waals surface area contributed by atoms with E-state index in [1.165, 1.54) is 4.88 Å². The molecule has 1 aliphatic rings. The highest BCUT2D eigenvalue weighted by atomic mass is 35.5.